The first kappa shape index (κ1) is 10.5. The maximum Gasteiger partial charge on any atom is 0.311 e. The smallest absolute Gasteiger partial charge is 0.311 e. The van der Waals surface area contributed by atoms with Gasteiger partial charge in [0.05, 0.1) is 12.5 Å². The van der Waals surface area contributed by atoms with Crippen LogP contribution in [-0.4, -0.2) is 25.2 Å². The lowest BCUT2D eigenvalue weighted by molar-refractivity contribution is -0.149. The van der Waals surface area contributed by atoms with Gasteiger partial charge in [0, 0.05) is 12.6 Å². The fraction of sp³-hybridized carbons (Fsp3) is 0.889. The number of carbonyl (C=O) groups excluding carboxylic acids is 1. The summed E-state index contributed by atoms with van der Waals surface area (Å²) in [5, 5.41) is 0. The van der Waals surface area contributed by atoms with Gasteiger partial charge in [-0.25, -0.2) is 0 Å². The molecule has 0 amide bonds. The van der Waals surface area contributed by atoms with Crippen LogP contribution in [0.3, 0.4) is 0 Å². The van der Waals surface area contributed by atoms with Crippen molar-refractivity contribution in [2.24, 2.45) is 11.8 Å². The van der Waals surface area contributed by atoms with Crippen molar-refractivity contribution in [3.05, 3.63) is 0 Å². The molecule has 2 unspecified atom stereocenters. The summed E-state index contributed by atoms with van der Waals surface area (Å²) in [5.74, 6) is 0.263. The van der Waals surface area contributed by atoms with Crippen LogP contribution in [0.1, 0.15) is 20.8 Å². The summed E-state index contributed by atoms with van der Waals surface area (Å²) in [7, 11) is 0. The number of rotatable bonds is 3. The average molecular weight is 186 g/mol. The predicted molar refractivity (Wildman–Crippen MR) is 49.9 cm³/mol. The highest BCUT2D eigenvalue weighted by Crippen LogP contribution is 2.09. The van der Waals surface area contributed by atoms with Crippen molar-refractivity contribution in [1.82, 2.24) is 10.9 Å². The first-order valence-corrected chi connectivity index (χ1v) is 4.76. The Labute approximate surface area is 79.0 Å². The highest BCUT2D eigenvalue weighted by molar-refractivity contribution is 5.73. The minimum Gasteiger partial charge on any atom is -0.465 e. The second-order valence-electron chi connectivity index (χ2n) is 3.94. The summed E-state index contributed by atoms with van der Waals surface area (Å²) >= 11 is 0. The summed E-state index contributed by atoms with van der Waals surface area (Å²) < 4.78 is 5.14. The van der Waals surface area contributed by atoms with Gasteiger partial charge in [0.15, 0.2) is 0 Å². The van der Waals surface area contributed by atoms with E-state index in [9.17, 15) is 4.79 Å². The van der Waals surface area contributed by atoms with Gasteiger partial charge in [-0.15, -0.1) is 0 Å². The molecule has 0 aliphatic carbocycles. The molecule has 0 spiro atoms. The summed E-state index contributed by atoms with van der Waals surface area (Å²) in [6.07, 6.45) is 0. The van der Waals surface area contributed by atoms with Crippen molar-refractivity contribution in [3.8, 4) is 0 Å². The van der Waals surface area contributed by atoms with Crippen LogP contribution in [0.5, 0.6) is 0 Å². The van der Waals surface area contributed by atoms with Gasteiger partial charge in [-0.3, -0.25) is 15.6 Å². The van der Waals surface area contributed by atoms with Crippen LogP contribution in [0.4, 0.5) is 0 Å². The molecule has 1 rings (SSSR count). The Hall–Kier alpha value is -0.610. The van der Waals surface area contributed by atoms with E-state index in [1.165, 1.54) is 0 Å². The van der Waals surface area contributed by atoms with Gasteiger partial charge in [0.2, 0.25) is 0 Å². The Morgan fingerprint density at radius 2 is 2.31 bits per heavy atom. The number of ether oxygens (including phenoxy) is 1. The second-order valence-corrected chi connectivity index (χ2v) is 3.94. The molecule has 4 heteroatoms. The molecule has 13 heavy (non-hydrogen) atoms. The minimum absolute atomic E-state index is 0.0428. The Morgan fingerprint density at radius 3 is 2.77 bits per heavy atom. The van der Waals surface area contributed by atoms with Crippen molar-refractivity contribution < 1.29 is 9.53 Å². The molecule has 1 aliphatic rings. The van der Waals surface area contributed by atoms with Crippen LogP contribution in [0.2, 0.25) is 0 Å². The van der Waals surface area contributed by atoms with Crippen LogP contribution in [0.25, 0.3) is 0 Å². The number of carbonyl (C=O) groups is 1. The Kier molecular flexibility index (Phi) is 3.69. The minimum atomic E-state index is -0.0984. The zero-order valence-corrected chi connectivity index (χ0v) is 8.46. The third-order valence-corrected chi connectivity index (χ3v) is 2.12. The van der Waals surface area contributed by atoms with E-state index in [1.807, 2.05) is 20.8 Å². The summed E-state index contributed by atoms with van der Waals surface area (Å²) in [6, 6.07) is 0.166. The van der Waals surface area contributed by atoms with E-state index < -0.39 is 0 Å². The van der Waals surface area contributed by atoms with Crippen molar-refractivity contribution in [2.45, 2.75) is 26.8 Å². The molecule has 1 fully saturated rings. The number of esters is 1. The largest absolute Gasteiger partial charge is 0.465 e. The van der Waals surface area contributed by atoms with Crippen molar-refractivity contribution >= 4 is 5.97 Å². The van der Waals surface area contributed by atoms with Gasteiger partial charge in [-0.2, -0.15) is 0 Å². The van der Waals surface area contributed by atoms with E-state index in [4.69, 9.17) is 4.74 Å². The monoisotopic (exact) mass is 186 g/mol. The Morgan fingerprint density at radius 1 is 1.62 bits per heavy atom. The summed E-state index contributed by atoms with van der Waals surface area (Å²) in [4.78, 5) is 11.5. The molecule has 1 aliphatic heterocycles. The molecule has 76 valence electrons. The first-order valence-electron chi connectivity index (χ1n) is 4.76. The van der Waals surface area contributed by atoms with E-state index >= 15 is 0 Å². The SMILES string of the molecule is CC(C)COC(=O)C1CNNC1C. The summed E-state index contributed by atoms with van der Waals surface area (Å²) in [5.41, 5.74) is 5.93. The topological polar surface area (TPSA) is 50.4 Å². The van der Waals surface area contributed by atoms with E-state index in [0.29, 0.717) is 19.1 Å². The molecule has 0 bridgehead atoms. The third kappa shape index (κ3) is 2.97. The standard InChI is InChI=1S/C9H18N2O2/c1-6(2)5-13-9(12)8-4-10-11-7(8)3/h6-8,10-11H,4-5H2,1-3H3. The Bertz CT molecular complexity index is 182. The van der Waals surface area contributed by atoms with Crippen LogP contribution in [-0.2, 0) is 9.53 Å². The molecule has 0 aromatic rings. The van der Waals surface area contributed by atoms with Crippen molar-refractivity contribution in [1.29, 1.82) is 0 Å². The number of hydrogen-bond acceptors (Lipinski definition) is 4. The molecular formula is C9H18N2O2. The zero-order valence-electron chi connectivity index (χ0n) is 8.46. The van der Waals surface area contributed by atoms with Crippen molar-refractivity contribution in [3.63, 3.8) is 0 Å². The van der Waals surface area contributed by atoms with Gasteiger partial charge in [-0.05, 0) is 12.8 Å². The Balaban J connectivity index is 2.30. The quantitative estimate of drug-likeness (QED) is 0.622. The van der Waals surface area contributed by atoms with Gasteiger partial charge in [0.25, 0.3) is 0 Å². The van der Waals surface area contributed by atoms with Gasteiger partial charge >= 0.3 is 5.97 Å². The van der Waals surface area contributed by atoms with E-state index in [-0.39, 0.29) is 17.9 Å². The van der Waals surface area contributed by atoms with E-state index in [1.54, 1.807) is 0 Å². The lowest BCUT2D eigenvalue weighted by Gasteiger charge is -2.13. The van der Waals surface area contributed by atoms with Crippen molar-refractivity contribution in [2.75, 3.05) is 13.2 Å². The van der Waals surface area contributed by atoms with Crippen LogP contribution < -0.4 is 10.9 Å². The van der Waals surface area contributed by atoms with Crippen LogP contribution in [0.15, 0.2) is 0 Å². The first-order chi connectivity index (χ1) is 6.11. The number of hydrazine groups is 1. The molecule has 0 aromatic carbocycles. The molecule has 0 radical (unpaired) electrons. The molecule has 4 nitrogen and oxygen atoms in total. The molecule has 2 atom stereocenters. The third-order valence-electron chi connectivity index (χ3n) is 2.12. The molecule has 1 saturated heterocycles. The lowest BCUT2D eigenvalue weighted by Crippen LogP contribution is -2.32. The highest BCUT2D eigenvalue weighted by atomic mass is 16.5. The normalized spacial score (nSPS) is 28.0. The van der Waals surface area contributed by atoms with Crippen LogP contribution >= 0.6 is 0 Å². The van der Waals surface area contributed by atoms with E-state index in [2.05, 4.69) is 10.9 Å². The van der Waals surface area contributed by atoms with Gasteiger partial charge in [-0.1, -0.05) is 13.8 Å². The maximum atomic E-state index is 11.5. The van der Waals surface area contributed by atoms with Gasteiger partial charge in [0.1, 0.15) is 0 Å². The fourth-order valence-corrected chi connectivity index (χ4v) is 1.25. The molecule has 1 heterocycles. The zero-order chi connectivity index (χ0) is 9.84. The molecule has 0 aromatic heterocycles. The van der Waals surface area contributed by atoms with Gasteiger partial charge < -0.3 is 4.74 Å². The molecular weight excluding hydrogens is 168 g/mol. The maximum absolute atomic E-state index is 11.5. The molecule has 2 N–H and O–H groups in total. The number of hydrogen-bond donors (Lipinski definition) is 2. The summed E-state index contributed by atoms with van der Waals surface area (Å²) in [6.45, 7) is 7.21. The average Bonchev–Trinajstić information content (AvgIpc) is 2.47. The second kappa shape index (κ2) is 4.58. The molecule has 0 saturated carbocycles. The fourth-order valence-electron chi connectivity index (χ4n) is 1.25. The number of nitrogens with one attached hydrogen (secondary N) is 2. The van der Waals surface area contributed by atoms with E-state index in [0.717, 1.165) is 0 Å². The lowest BCUT2D eigenvalue weighted by atomic mass is 10.0. The van der Waals surface area contributed by atoms with Crippen LogP contribution in [0, 0.1) is 11.8 Å². The highest BCUT2D eigenvalue weighted by Gasteiger charge is 2.30. The predicted octanol–water partition coefficient (Wildman–Crippen LogP) is 0.298.